The van der Waals surface area contributed by atoms with E-state index in [-0.39, 0.29) is 5.41 Å². The van der Waals surface area contributed by atoms with E-state index >= 15 is 0 Å². The first-order valence-electron chi connectivity index (χ1n) is 6.29. The van der Waals surface area contributed by atoms with Gasteiger partial charge in [0.1, 0.15) is 5.78 Å². The van der Waals surface area contributed by atoms with E-state index in [9.17, 15) is 4.79 Å². The lowest BCUT2D eigenvalue weighted by Gasteiger charge is -2.13. The van der Waals surface area contributed by atoms with Crippen LogP contribution < -0.4 is 0 Å². The number of rotatable bonds is 3. The highest BCUT2D eigenvalue weighted by Gasteiger charge is 2.49. The van der Waals surface area contributed by atoms with Gasteiger partial charge in [0.15, 0.2) is 0 Å². The Morgan fingerprint density at radius 3 is 2.06 bits per heavy atom. The largest absolute Gasteiger partial charge is 0.299 e. The summed E-state index contributed by atoms with van der Waals surface area (Å²) in [5.74, 6) is 0.404. The molecule has 0 bridgehead atoms. The fourth-order valence-corrected chi connectivity index (χ4v) is 2.06. The summed E-state index contributed by atoms with van der Waals surface area (Å²) in [6, 6.07) is 8.41. The van der Waals surface area contributed by atoms with Crippen LogP contribution in [0.2, 0.25) is 0 Å². The second-order valence-corrected chi connectivity index (χ2v) is 4.22. The van der Waals surface area contributed by atoms with Crippen molar-refractivity contribution in [1.82, 2.24) is 0 Å². The van der Waals surface area contributed by atoms with Gasteiger partial charge in [-0.3, -0.25) is 4.79 Å². The van der Waals surface area contributed by atoms with E-state index in [0.717, 1.165) is 12.8 Å². The van der Waals surface area contributed by atoms with Gasteiger partial charge in [-0.15, -0.1) is 0 Å². The molecule has 0 spiro atoms. The molecular formula is C15H22O. The third-order valence-electron chi connectivity index (χ3n) is 3.21. The molecule has 1 fully saturated rings. The molecule has 1 aliphatic rings. The first-order chi connectivity index (χ1) is 7.69. The molecule has 88 valence electrons. The third-order valence-corrected chi connectivity index (χ3v) is 3.21. The Balaban J connectivity index is 0.000000606. The lowest BCUT2D eigenvalue weighted by molar-refractivity contribution is -0.121. The van der Waals surface area contributed by atoms with Gasteiger partial charge in [0.25, 0.3) is 0 Å². The van der Waals surface area contributed by atoms with Crippen LogP contribution in [-0.4, -0.2) is 5.78 Å². The quantitative estimate of drug-likeness (QED) is 0.748. The summed E-state index contributed by atoms with van der Waals surface area (Å²) < 4.78 is 0. The molecule has 16 heavy (non-hydrogen) atoms. The van der Waals surface area contributed by atoms with Crippen molar-refractivity contribution in [2.24, 2.45) is 0 Å². The highest BCUT2D eigenvalue weighted by atomic mass is 16.1. The molecule has 1 aromatic rings. The predicted octanol–water partition coefficient (Wildman–Crippen LogP) is 4.03. The highest BCUT2D eigenvalue weighted by molar-refractivity contribution is 5.92. The summed E-state index contributed by atoms with van der Waals surface area (Å²) in [5, 5.41) is 0. The average molecular weight is 218 g/mol. The third kappa shape index (κ3) is 2.34. The molecular weight excluding hydrogens is 196 g/mol. The topological polar surface area (TPSA) is 17.1 Å². The Hall–Kier alpha value is -1.11. The van der Waals surface area contributed by atoms with Crippen LogP contribution in [0, 0.1) is 6.92 Å². The van der Waals surface area contributed by atoms with Gasteiger partial charge in [0.2, 0.25) is 0 Å². The summed E-state index contributed by atoms with van der Waals surface area (Å²) in [4.78, 5) is 11.8. The predicted molar refractivity (Wildman–Crippen MR) is 68.7 cm³/mol. The molecule has 1 heteroatoms. The summed E-state index contributed by atoms with van der Waals surface area (Å²) >= 11 is 0. The Labute approximate surface area is 98.9 Å². The van der Waals surface area contributed by atoms with Crippen molar-refractivity contribution in [1.29, 1.82) is 0 Å². The van der Waals surface area contributed by atoms with Crippen LogP contribution in [0.3, 0.4) is 0 Å². The normalized spacial score (nSPS) is 16.0. The number of aryl methyl sites for hydroxylation is 1. The molecule has 1 saturated carbocycles. The van der Waals surface area contributed by atoms with Crippen LogP contribution in [0.15, 0.2) is 24.3 Å². The zero-order chi connectivity index (χ0) is 12.2. The Morgan fingerprint density at radius 2 is 1.69 bits per heavy atom. The summed E-state index contributed by atoms with van der Waals surface area (Å²) in [7, 11) is 0. The minimum Gasteiger partial charge on any atom is -0.299 e. The lowest BCUT2D eigenvalue weighted by atomic mass is 9.89. The van der Waals surface area contributed by atoms with Gasteiger partial charge in [-0.2, -0.15) is 0 Å². The molecule has 0 unspecified atom stereocenters. The SMILES string of the molecule is CC.CCC(=O)C1(c2ccc(C)cc2)CC1. The van der Waals surface area contributed by atoms with Gasteiger partial charge in [-0.05, 0) is 25.3 Å². The maximum atomic E-state index is 11.8. The number of hydrogen-bond donors (Lipinski definition) is 0. The number of carbonyl (C=O) groups is 1. The van der Waals surface area contributed by atoms with Gasteiger partial charge in [0.05, 0.1) is 5.41 Å². The second kappa shape index (κ2) is 5.29. The van der Waals surface area contributed by atoms with E-state index in [4.69, 9.17) is 0 Å². The monoisotopic (exact) mass is 218 g/mol. The molecule has 0 amide bonds. The molecule has 1 aromatic carbocycles. The minimum absolute atomic E-state index is 0.0948. The van der Waals surface area contributed by atoms with E-state index in [1.165, 1.54) is 11.1 Å². The van der Waals surface area contributed by atoms with Crippen LogP contribution in [0.4, 0.5) is 0 Å². The minimum atomic E-state index is -0.0948. The highest BCUT2D eigenvalue weighted by Crippen LogP contribution is 2.49. The van der Waals surface area contributed by atoms with Crippen molar-refractivity contribution in [3.8, 4) is 0 Å². The van der Waals surface area contributed by atoms with Gasteiger partial charge < -0.3 is 0 Å². The first kappa shape index (κ1) is 13.0. The van der Waals surface area contributed by atoms with Crippen molar-refractivity contribution < 1.29 is 4.79 Å². The number of ketones is 1. The Kier molecular flexibility index (Phi) is 4.28. The lowest BCUT2D eigenvalue weighted by Crippen LogP contribution is -2.19. The molecule has 0 aromatic heterocycles. The fraction of sp³-hybridized carbons (Fsp3) is 0.533. The Morgan fingerprint density at radius 1 is 1.19 bits per heavy atom. The second-order valence-electron chi connectivity index (χ2n) is 4.22. The average Bonchev–Trinajstić information content (AvgIpc) is 3.13. The molecule has 2 rings (SSSR count). The maximum absolute atomic E-state index is 11.8. The van der Waals surface area contributed by atoms with E-state index in [0.29, 0.717) is 12.2 Å². The van der Waals surface area contributed by atoms with Crippen molar-refractivity contribution >= 4 is 5.78 Å². The molecule has 1 nitrogen and oxygen atoms in total. The smallest absolute Gasteiger partial charge is 0.143 e. The van der Waals surface area contributed by atoms with Crippen LogP contribution in [0.25, 0.3) is 0 Å². The number of benzene rings is 1. The van der Waals surface area contributed by atoms with Crippen LogP contribution >= 0.6 is 0 Å². The van der Waals surface area contributed by atoms with Crippen molar-refractivity contribution in [3.05, 3.63) is 35.4 Å². The number of Topliss-reactive ketones (excluding diaryl/α,β-unsaturated/α-hetero) is 1. The molecule has 1 aliphatic carbocycles. The van der Waals surface area contributed by atoms with Crippen LogP contribution in [0.5, 0.6) is 0 Å². The first-order valence-corrected chi connectivity index (χ1v) is 6.29. The van der Waals surface area contributed by atoms with Gasteiger partial charge in [-0.25, -0.2) is 0 Å². The van der Waals surface area contributed by atoms with E-state index in [2.05, 4.69) is 31.2 Å². The van der Waals surface area contributed by atoms with Gasteiger partial charge >= 0.3 is 0 Å². The molecule has 0 heterocycles. The molecule has 0 atom stereocenters. The molecule has 0 aliphatic heterocycles. The summed E-state index contributed by atoms with van der Waals surface area (Å²) in [5.41, 5.74) is 2.38. The molecule has 0 radical (unpaired) electrons. The van der Waals surface area contributed by atoms with Crippen molar-refractivity contribution in [3.63, 3.8) is 0 Å². The maximum Gasteiger partial charge on any atom is 0.143 e. The van der Waals surface area contributed by atoms with E-state index < -0.39 is 0 Å². The van der Waals surface area contributed by atoms with E-state index in [1.54, 1.807) is 0 Å². The number of carbonyl (C=O) groups excluding carboxylic acids is 1. The fourth-order valence-electron chi connectivity index (χ4n) is 2.06. The molecule has 0 N–H and O–H groups in total. The molecule has 0 saturated heterocycles. The van der Waals surface area contributed by atoms with Crippen LogP contribution in [-0.2, 0) is 10.2 Å². The Bertz CT molecular complexity index is 344. The summed E-state index contributed by atoms with van der Waals surface area (Å²) in [6.07, 6.45) is 2.75. The summed E-state index contributed by atoms with van der Waals surface area (Å²) in [6.45, 7) is 8.03. The van der Waals surface area contributed by atoms with Gasteiger partial charge in [-0.1, -0.05) is 50.6 Å². The van der Waals surface area contributed by atoms with E-state index in [1.807, 2.05) is 20.8 Å². The van der Waals surface area contributed by atoms with Crippen molar-refractivity contribution in [2.75, 3.05) is 0 Å². The van der Waals surface area contributed by atoms with Gasteiger partial charge in [0, 0.05) is 6.42 Å². The zero-order valence-corrected chi connectivity index (χ0v) is 10.8. The number of hydrogen-bond acceptors (Lipinski definition) is 1. The van der Waals surface area contributed by atoms with Crippen LogP contribution in [0.1, 0.15) is 51.2 Å². The zero-order valence-electron chi connectivity index (χ0n) is 10.8. The standard InChI is InChI=1S/C13H16O.C2H6/c1-3-12(14)13(8-9-13)11-6-4-10(2)5-7-11;1-2/h4-7H,3,8-9H2,1-2H3;1-2H3. The van der Waals surface area contributed by atoms with Crippen molar-refractivity contribution in [2.45, 2.75) is 52.4 Å².